The van der Waals surface area contributed by atoms with Gasteiger partial charge in [0.25, 0.3) is 5.91 Å². The van der Waals surface area contributed by atoms with Crippen molar-refractivity contribution < 1.29 is 18.0 Å². The fourth-order valence-corrected chi connectivity index (χ4v) is 3.04. The second-order valence-electron chi connectivity index (χ2n) is 6.30. The van der Waals surface area contributed by atoms with Crippen molar-refractivity contribution in [1.82, 2.24) is 15.3 Å². The monoisotopic (exact) mass is 381 g/mol. The fourth-order valence-electron chi connectivity index (χ4n) is 3.04. The Labute approximate surface area is 158 Å². The first-order chi connectivity index (χ1) is 13.4. The molecule has 2 aromatic carbocycles. The summed E-state index contributed by atoms with van der Waals surface area (Å²) in [5.41, 5.74) is 0.666. The minimum atomic E-state index is -4.42. The molecule has 0 fully saturated rings. The summed E-state index contributed by atoms with van der Waals surface area (Å²) < 4.78 is 38.4. The van der Waals surface area contributed by atoms with Gasteiger partial charge in [-0.25, -0.2) is 4.98 Å². The van der Waals surface area contributed by atoms with Crippen LogP contribution in [-0.4, -0.2) is 15.9 Å². The van der Waals surface area contributed by atoms with Crippen LogP contribution < -0.4 is 5.32 Å². The third-order valence-electron chi connectivity index (χ3n) is 4.46. The lowest BCUT2D eigenvalue weighted by molar-refractivity contribution is -0.137. The van der Waals surface area contributed by atoms with Gasteiger partial charge in [-0.2, -0.15) is 13.2 Å². The van der Waals surface area contributed by atoms with E-state index in [1.54, 1.807) is 12.4 Å². The fraction of sp³-hybridized carbons (Fsp3) is 0.0952. The molecule has 0 bridgehead atoms. The summed E-state index contributed by atoms with van der Waals surface area (Å²) in [5, 5.41) is 5.09. The Morgan fingerprint density at radius 1 is 1.00 bits per heavy atom. The number of nitrogens with zero attached hydrogens (tertiary/aromatic N) is 2. The molecular formula is C21H14F3N3O. The van der Waals surface area contributed by atoms with E-state index in [1.165, 1.54) is 18.2 Å². The molecule has 28 heavy (non-hydrogen) atoms. The van der Waals surface area contributed by atoms with Gasteiger partial charge in [-0.1, -0.05) is 24.3 Å². The lowest BCUT2D eigenvalue weighted by atomic mass is 10.1. The van der Waals surface area contributed by atoms with E-state index in [2.05, 4.69) is 15.3 Å². The normalized spacial score (nSPS) is 11.7. The highest BCUT2D eigenvalue weighted by Gasteiger charge is 2.30. The molecule has 0 aliphatic heterocycles. The number of fused-ring (bicyclic) bond motifs is 2. The van der Waals surface area contributed by atoms with Crippen molar-refractivity contribution in [3.8, 4) is 0 Å². The molecule has 140 valence electrons. The predicted octanol–water partition coefficient (Wildman–Crippen LogP) is 4.73. The molecule has 1 N–H and O–H groups in total. The van der Waals surface area contributed by atoms with Crippen molar-refractivity contribution in [1.29, 1.82) is 0 Å². The summed E-state index contributed by atoms with van der Waals surface area (Å²) in [4.78, 5) is 20.7. The summed E-state index contributed by atoms with van der Waals surface area (Å²) in [5.74, 6) is -0.396. The Hall–Kier alpha value is -3.48. The Morgan fingerprint density at radius 3 is 2.68 bits per heavy atom. The lowest BCUT2D eigenvalue weighted by Crippen LogP contribution is -2.23. The Morgan fingerprint density at radius 2 is 1.86 bits per heavy atom. The quantitative estimate of drug-likeness (QED) is 0.558. The Balaban J connectivity index is 1.55. The first kappa shape index (κ1) is 17.9. The van der Waals surface area contributed by atoms with Gasteiger partial charge in [0.05, 0.1) is 11.1 Å². The predicted molar refractivity (Wildman–Crippen MR) is 99.7 cm³/mol. The van der Waals surface area contributed by atoms with Crippen LogP contribution in [0.5, 0.6) is 0 Å². The van der Waals surface area contributed by atoms with Crippen molar-refractivity contribution in [3.63, 3.8) is 0 Å². The minimum Gasteiger partial charge on any atom is -0.347 e. The number of pyridine rings is 2. The topological polar surface area (TPSA) is 54.9 Å². The zero-order valence-electron chi connectivity index (χ0n) is 14.5. The molecule has 0 saturated carbocycles. The third kappa shape index (κ3) is 3.51. The van der Waals surface area contributed by atoms with Gasteiger partial charge in [-0.15, -0.1) is 0 Å². The molecule has 7 heteroatoms. The largest absolute Gasteiger partial charge is 0.416 e. The first-order valence-corrected chi connectivity index (χ1v) is 8.50. The van der Waals surface area contributed by atoms with Crippen LogP contribution in [0.4, 0.5) is 13.2 Å². The Kier molecular flexibility index (Phi) is 4.43. The number of alkyl halides is 3. The molecule has 0 radical (unpaired) electrons. The number of aromatic nitrogens is 2. The van der Waals surface area contributed by atoms with Crippen molar-refractivity contribution in [2.75, 3.05) is 0 Å². The van der Waals surface area contributed by atoms with Crippen molar-refractivity contribution in [2.45, 2.75) is 12.7 Å². The van der Waals surface area contributed by atoms with Crippen LogP contribution in [0.3, 0.4) is 0 Å². The average molecular weight is 381 g/mol. The van der Waals surface area contributed by atoms with Crippen LogP contribution in [0.25, 0.3) is 21.7 Å². The summed E-state index contributed by atoms with van der Waals surface area (Å²) in [6.07, 6.45) is -0.979. The van der Waals surface area contributed by atoms with Crippen molar-refractivity contribution in [3.05, 3.63) is 83.8 Å². The second kappa shape index (κ2) is 6.92. The van der Waals surface area contributed by atoms with Crippen LogP contribution in [0.1, 0.15) is 21.6 Å². The smallest absolute Gasteiger partial charge is 0.347 e. The van der Waals surface area contributed by atoms with Crippen LogP contribution >= 0.6 is 0 Å². The van der Waals surface area contributed by atoms with Gasteiger partial charge >= 0.3 is 6.18 Å². The molecule has 0 spiro atoms. The van der Waals surface area contributed by atoms with E-state index in [0.717, 1.165) is 28.5 Å². The van der Waals surface area contributed by atoms with Gasteiger partial charge in [0.15, 0.2) is 0 Å². The van der Waals surface area contributed by atoms with Crippen LogP contribution in [0.15, 0.2) is 67.0 Å². The second-order valence-corrected chi connectivity index (χ2v) is 6.30. The third-order valence-corrected chi connectivity index (χ3v) is 4.46. The molecule has 0 unspecified atom stereocenters. The average Bonchev–Trinajstić information content (AvgIpc) is 2.70. The number of benzene rings is 2. The van der Waals surface area contributed by atoms with Gasteiger partial charge in [0.2, 0.25) is 0 Å². The molecule has 2 aromatic heterocycles. The number of hydrogen-bond donors (Lipinski definition) is 1. The summed E-state index contributed by atoms with van der Waals surface area (Å²) in [7, 11) is 0. The van der Waals surface area contributed by atoms with Gasteiger partial charge < -0.3 is 5.32 Å². The standard InChI is InChI=1S/C21H14F3N3O/c22-21(23,24)16-5-7-18-13(10-16)4-6-19(27-18)20(28)26-12-15-3-1-2-14-11-25-9-8-17(14)15/h1-11H,12H2,(H,26,28). The molecule has 0 saturated heterocycles. The maximum Gasteiger partial charge on any atom is 0.416 e. The number of carbonyl (C=O) groups excluding carboxylic acids is 1. The van der Waals surface area contributed by atoms with Gasteiger partial charge in [0, 0.05) is 29.7 Å². The van der Waals surface area contributed by atoms with Crippen molar-refractivity contribution >= 4 is 27.6 Å². The maximum atomic E-state index is 12.8. The Bertz CT molecular complexity index is 1180. The van der Waals surface area contributed by atoms with E-state index in [-0.39, 0.29) is 5.69 Å². The first-order valence-electron chi connectivity index (χ1n) is 8.50. The zero-order chi connectivity index (χ0) is 19.7. The van der Waals surface area contributed by atoms with Gasteiger partial charge in [-0.3, -0.25) is 9.78 Å². The number of halogens is 3. The van der Waals surface area contributed by atoms with Gasteiger partial charge in [0.1, 0.15) is 5.69 Å². The number of nitrogens with one attached hydrogen (secondary N) is 1. The molecule has 0 atom stereocenters. The molecule has 4 rings (SSSR count). The van der Waals surface area contributed by atoms with Crippen LogP contribution in [0.2, 0.25) is 0 Å². The lowest BCUT2D eigenvalue weighted by Gasteiger charge is -2.10. The van der Waals surface area contributed by atoms with Gasteiger partial charge in [-0.05, 0) is 41.3 Å². The molecule has 4 nitrogen and oxygen atoms in total. The van der Waals surface area contributed by atoms with E-state index in [4.69, 9.17) is 0 Å². The minimum absolute atomic E-state index is 0.147. The molecule has 2 heterocycles. The summed E-state index contributed by atoms with van der Waals surface area (Å²) in [6.45, 7) is 0.299. The zero-order valence-corrected chi connectivity index (χ0v) is 14.5. The van der Waals surface area contributed by atoms with E-state index < -0.39 is 17.6 Å². The molecule has 0 aliphatic carbocycles. The molecule has 0 aliphatic rings. The highest BCUT2D eigenvalue weighted by atomic mass is 19.4. The highest BCUT2D eigenvalue weighted by Crippen LogP contribution is 2.31. The number of hydrogen-bond acceptors (Lipinski definition) is 3. The van der Waals surface area contributed by atoms with E-state index in [1.807, 2.05) is 24.3 Å². The van der Waals surface area contributed by atoms with E-state index in [9.17, 15) is 18.0 Å². The van der Waals surface area contributed by atoms with E-state index >= 15 is 0 Å². The van der Waals surface area contributed by atoms with Crippen molar-refractivity contribution in [2.24, 2.45) is 0 Å². The molecule has 4 aromatic rings. The summed E-state index contributed by atoms with van der Waals surface area (Å²) >= 11 is 0. The maximum absolute atomic E-state index is 12.8. The molecule has 1 amide bonds. The summed E-state index contributed by atoms with van der Waals surface area (Å²) in [6, 6.07) is 13.8. The SMILES string of the molecule is O=C(NCc1cccc2cnccc12)c1ccc2cc(C(F)(F)F)ccc2n1. The molecular weight excluding hydrogens is 367 g/mol. The highest BCUT2D eigenvalue weighted by molar-refractivity contribution is 5.95. The van der Waals surface area contributed by atoms with Crippen LogP contribution in [0, 0.1) is 0 Å². The number of amides is 1. The number of rotatable bonds is 3. The number of carbonyl (C=O) groups is 1. The van der Waals surface area contributed by atoms with E-state index in [0.29, 0.717) is 17.4 Å². The van der Waals surface area contributed by atoms with Crippen LogP contribution in [-0.2, 0) is 12.7 Å².